The van der Waals surface area contributed by atoms with E-state index in [1.165, 1.54) is 38.5 Å². The second kappa shape index (κ2) is 27.1. The fourth-order valence-electron chi connectivity index (χ4n) is 7.22. The molecule has 0 heterocycles. The molecule has 2 saturated carbocycles. The molecule has 7 heteroatoms. The Morgan fingerprint density at radius 2 is 0.558 bits per heavy atom. The van der Waals surface area contributed by atoms with Gasteiger partial charge in [-0.05, 0) is 97.5 Å². The third-order valence-corrected chi connectivity index (χ3v) is 17.3. The van der Waals surface area contributed by atoms with E-state index in [4.69, 9.17) is 10.2 Å². The van der Waals surface area contributed by atoms with Crippen molar-refractivity contribution in [2.24, 2.45) is 35.5 Å². The predicted octanol–water partition coefficient (Wildman–Crippen LogP) is 10.4. The van der Waals surface area contributed by atoms with Crippen LogP contribution in [0.15, 0.2) is 0 Å². The van der Waals surface area contributed by atoms with Gasteiger partial charge in [0.1, 0.15) is 0 Å². The summed E-state index contributed by atoms with van der Waals surface area (Å²) in [5.41, 5.74) is 0. The molecule has 0 aliphatic heterocycles. The van der Waals surface area contributed by atoms with E-state index in [1.807, 2.05) is 0 Å². The summed E-state index contributed by atoms with van der Waals surface area (Å²) in [6.07, 6.45) is 11.8. The van der Waals surface area contributed by atoms with Crippen molar-refractivity contribution in [2.45, 2.75) is 196 Å². The fourth-order valence-corrected chi connectivity index (χ4v) is 17.3. The number of aliphatic hydroxyl groups excluding tert-OH is 2. The minimum Gasteiger partial charge on any atom is -0.432 e. The summed E-state index contributed by atoms with van der Waals surface area (Å²) in [6.45, 7) is 26.7. The minimum absolute atomic E-state index is 0. The van der Waals surface area contributed by atoms with Crippen LogP contribution in [0.25, 0.3) is 0 Å². The Morgan fingerprint density at radius 3 is 0.651 bits per heavy atom. The third kappa shape index (κ3) is 32.9. The van der Waals surface area contributed by atoms with Crippen LogP contribution in [-0.2, 0) is 26.2 Å². The first kappa shape index (κ1) is 48.6. The van der Waals surface area contributed by atoms with Crippen molar-refractivity contribution in [3.63, 3.8) is 0 Å². The van der Waals surface area contributed by atoms with Crippen LogP contribution in [0.4, 0.5) is 0 Å². The summed E-state index contributed by atoms with van der Waals surface area (Å²) >= 11 is 0. The van der Waals surface area contributed by atoms with Crippen molar-refractivity contribution in [3.05, 3.63) is 0 Å². The van der Waals surface area contributed by atoms with Crippen LogP contribution < -0.4 is 0 Å². The Bertz CT molecular complexity index is 497. The molecule has 0 radical (unpaired) electrons. The largest absolute Gasteiger partial charge is 0.432 e. The van der Waals surface area contributed by atoms with E-state index in [0.717, 1.165) is 61.9 Å². The molecular formula is C36H80O4Si2Zr. The molecule has 0 spiro atoms. The summed E-state index contributed by atoms with van der Waals surface area (Å²) in [5.74, 6) is 3.86. The quantitative estimate of drug-likeness (QED) is 0.151. The first-order chi connectivity index (χ1) is 19.3. The smallest absolute Gasteiger partial charge is 0.189 e. The summed E-state index contributed by atoms with van der Waals surface area (Å²) in [7, 11) is -3.88. The Hall–Kier alpha value is 1.16. The second-order valence-electron chi connectivity index (χ2n) is 16.6. The van der Waals surface area contributed by atoms with Crippen LogP contribution in [0.2, 0.25) is 36.3 Å². The van der Waals surface area contributed by atoms with Crippen LogP contribution in [0.1, 0.15) is 147 Å². The maximum Gasteiger partial charge on any atom is 0.189 e. The van der Waals surface area contributed by atoms with Crippen LogP contribution >= 0.6 is 0 Å². The van der Waals surface area contributed by atoms with Crippen LogP contribution in [-0.4, -0.2) is 48.6 Å². The number of hydrogen-bond acceptors (Lipinski definition) is 4. The molecule has 0 bridgehead atoms. The van der Waals surface area contributed by atoms with Gasteiger partial charge in [-0.1, -0.05) is 122 Å². The van der Waals surface area contributed by atoms with E-state index < -0.39 is 16.6 Å². The van der Waals surface area contributed by atoms with E-state index in [2.05, 4.69) is 83.1 Å². The maximum atomic E-state index is 10.7. The Morgan fingerprint density at radius 1 is 0.395 bits per heavy atom. The molecule has 2 fully saturated rings. The van der Waals surface area contributed by atoms with Gasteiger partial charge < -0.3 is 19.8 Å². The van der Waals surface area contributed by atoms with Gasteiger partial charge in [-0.2, -0.15) is 0 Å². The first-order valence-electron chi connectivity index (χ1n) is 18.1. The molecule has 0 saturated heterocycles. The summed E-state index contributed by atoms with van der Waals surface area (Å²) in [4.78, 5) is 21.3. The predicted molar refractivity (Wildman–Crippen MR) is 192 cm³/mol. The fraction of sp³-hybridized carbons (Fsp3) is 1.00. The second-order valence-corrected chi connectivity index (χ2v) is 24.0. The summed E-state index contributed by atoms with van der Waals surface area (Å²) < 4.78 is 0. The Labute approximate surface area is 292 Å². The molecule has 2 rings (SSSR count). The monoisotopic (exact) mass is 722 g/mol. The van der Waals surface area contributed by atoms with Gasteiger partial charge in [0, 0.05) is 26.2 Å². The zero-order valence-electron chi connectivity index (χ0n) is 31.2. The number of hydrogen-bond donors (Lipinski definition) is 4. The van der Waals surface area contributed by atoms with Crippen LogP contribution in [0.5, 0.6) is 0 Å². The van der Waals surface area contributed by atoms with E-state index in [1.54, 1.807) is 0 Å². The molecule has 4 N–H and O–H groups in total. The Balaban J connectivity index is -0.000000514. The van der Waals surface area contributed by atoms with Gasteiger partial charge in [-0.25, -0.2) is 0 Å². The first-order valence-corrected chi connectivity index (χ1v) is 23.2. The van der Waals surface area contributed by atoms with Gasteiger partial charge in [0.15, 0.2) is 16.6 Å². The molecule has 2 aliphatic rings. The van der Waals surface area contributed by atoms with Crippen LogP contribution in [0.3, 0.4) is 0 Å². The van der Waals surface area contributed by atoms with Crippen molar-refractivity contribution in [3.8, 4) is 0 Å². The molecule has 2 aliphatic carbocycles. The number of aliphatic hydroxyl groups is 2. The van der Waals surface area contributed by atoms with Crippen LogP contribution in [0, 0.1) is 35.5 Å². The van der Waals surface area contributed by atoms with Gasteiger partial charge in [0.05, 0.1) is 12.2 Å². The van der Waals surface area contributed by atoms with E-state index in [-0.39, 0.29) is 38.4 Å². The zero-order chi connectivity index (χ0) is 32.9. The molecule has 4 nitrogen and oxygen atoms in total. The standard InChI is InChI=1S/2C12H28OSi.2C6H12O.Zr/c2*1-10(2)7-14(13,8-11(3)4)9-12(5)6;2*7-6-4-2-1-3-5-6;/h2*10-13H,7-9H2,1-6H3;2*6-7H,1-5H2;. The molecule has 0 amide bonds. The van der Waals surface area contributed by atoms with E-state index >= 15 is 0 Å². The normalized spacial score (nSPS) is 16.9. The average Bonchev–Trinajstić information content (AvgIpc) is 2.77. The van der Waals surface area contributed by atoms with Gasteiger partial charge >= 0.3 is 0 Å². The minimum atomic E-state index is -1.94. The average molecular weight is 724 g/mol. The molecule has 0 aromatic carbocycles. The van der Waals surface area contributed by atoms with Crippen molar-refractivity contribution in [1.82, 2.24) is 0 Å². The molecule has 0 aromatic heterocycles. The molecule has 0 atom stereocenters. The summed E-state index contributed by atoms with van der Waals surface area (Å²) in [6, 6.07) is 6.44. The Kier molecular flexibility index (Phi) is 30.6. The molecule has 43 heavy (non-hydrogen) atoms. The molecule has 260 valence electrons. The molecular weight excluding hydrogens is 644 g/mol. The topological polar surface area (TPSA) is 80.9 Å². The van der Waals surface area contributed by atoms with Gasteiger partial charge in [-0.3, -0.25) is 0 Å². The SMILES string of the molecule is CC(C)C[Si](O)(CC(C)C)CC(C)C.CC(C)C[Si](O)(CC(C)C)CC(C)C.OC1CCCCC1.OC1CCCCC1.[Zr]. The molecule has 0 unspecified atom stereocenters. The van der Waals surface area contributed by atoms with Crippen molar-refractivity contribution in [2.75, 3.05) is 0 Å². The summed E-state index contributed by atoms with van der Waals surface area (Å²) in [5, 5.41) is 17.8. The van der Waals surface area contributed by atoms with Crippen molar-refractivity contribution < 1.29 is 46.0 Å². The van der Waals surface area contributed by atoms with Gasteiger partial charge in [0.2, 0.25) is 0 Å². The molecule has 0 aromatic rings. The zero-order valence-corrected chi connectivity index (χ0v) is 35.7. The van der Waals surface area contributed by atoms with E-state index in [9.17, 15) is 9.59 Å². The van der Waals surface area contributed by atoms with Crippen molar-refractivity contribution in [1.29, 1.82) is 0 Å². The van der Waals surface area contributed by atoms with Gasteiger partial charge in [0.25, 0.3) is 0 Å². The third-order valence-electron chi connectivity index (χ3n) is 7.88. The van der Waals surface area contributed by atoms with Crippen molar-refractivity contribution >= 4 is 16.6 Å². The number of rotatable bonds is 12. The van der Waals surface area contributed by atoms with E-state index in [0.29, 0.717) is 35.5 Å². The van der Waals surface area contributed by atoms with Gasteiger partial charge in [-0.15, -0.1) is 0 Å². The maximum absolute atomic E-state index is 10.7.